The Balaban J connectivity index is 2.86. The summed E-state index contributed by atoms with van der Waals surface area (Å²) < 4.78 is 0. The molecule has 0 aliphatic heterocycles. The van der Waals surface area contributed by atoms with Crippen LogP contribution < -0.4 is 5.73 Å². The Morgan fingerprint density at radius 1 is 1.83 bits per heavy atom. The molecule has 2 N–H and O–H groups in total. The topological polar surface area (TPSA) is 38.4 Å². The number of rotatable bonds is 2. The van der Waals surface area contributed by atoms with E-state index in [9.17, 15) is 0 Å². The first-order valence-corrected chi connectivity index (χ1v) is 2.06. The monoisotopic (exact) mass is 102 g/mol. The van der Waals surface area contributed by atoms with Crippen molar-refractivity contribution in [2.24, 2.45) is 10.7 Å². The van der Waals surface area contributed by atoms with E-state index in [2.05, 4.69) is 22.4 Å². The van der Waals surface area contributed by atoms with Gasteiger partial charge in [-0.25, -0.2) is 4.99 Å². The van der Waals surface area contributed by atoms with Gasteiger partial charge < -0.3 is 5.73 Å². The second kappa shape index (κ2) is 4.76. The lowest BCUT2D eigenvalue weighted by atomic mass is 10.7. The van der Waals surface area contributed by atoms with Crippen molar-refractivity contribution in [2.45, 2.75) is 0 Å². The molecule has 0 aliphatic rings. The molecule has 0 saturated heterocycles. The summed E-state index contributed by atoms with van der Waals surface area (Å²) in [6.07, 6.45) is 0. The lowest BCUT2D eigenvalue weighted by Gasteiger charge is -1.74. The highest BCUT2D eigenvalue weighted by Gasteiger charge is 1.64. The minimum Gasteiger partial charge on any atom is -0.329 e. The van der Waals surface area contributed by atoms with Crippen LogP contribution >= 0.6 is 12.2 Å². The third kappa shape index (κ3) is 3.76. The lowest BCUT2D eigenvalue weighted by molar-refractivity contribution is 0.983. The molecule has 2 nitrogen and oxygen atoms in total. The van der Waals surface area contributed by atoms with Crippen molar-refractivity contribution >= 4 is 17.4 Å². The fourth-order valence-electron chi connectivity index (χ4n) is 0.110. The van der Waals surface area contributed by atoms with Crippen LogP contribution in [-0.2, 0) is 0 Å². The molecule has 3 heteroatoms. The van der Waals surface area contributed by atoms with Crippen LogP contribution in [0.4, 0.5) is 0 Å². The Bertz CT molecular complexity index is 65.2. The van der Waals surface area contributed by atoms with Crippen molar-refractivity contribution in [1.29, 1.82) is 0 Å². The number of nitrogens with zero attached hydrogens (tertiary/aromatic N) is 1. The summed E-state index contributed by atoms with van der Waals surface area (Å²) in [5, 5.41) is 2.20. The molecule has 0 bridgehead atoms. The highest BCUT2D eigenvalue weighted by atomic mass is 32.1. The summed E-state index contributed by atoms with van der Waals surface area (Å²) in [6, 6.07) is 0. The third-order valence-corrected chi connectivity index (χ3v) is 0.435. The highest BCUT2D eigenvalue weighted by molar-refractivity contribution is 7.78. The van der Waals surface area contributed by atoms with Crippen LogP contribution in [0.3, 0.4) is 0 Å². The third-order valence-electron chi connectivity index (χ3n) is 0.305. The van der Waals surface area contributed by atoms with Gasteiger partial charge in [0.25, 0.3) is 0 Å². The zero-order chi connectivity index (χ0) is 4.83. The number of hydrogen-bond donors (Lipinski definition) is 1. The average Bonchev–Trinajstić information content (AvgIpc) is 1.61. The van der Waals surface area contributed by atoms with Crippen molar-refractivity contribution in [3.05, 3.63) is 0 Å². The van der Waals surface area contributed by atoms with Crippen LogP contribution in [0.25, 0.3) is 0 Å². The molecule has 0 aromatic carbocycles. The van der Waals surface area contributed by atoms with Gasteiger partial charge in [0.2, 0.25) is 0 Å². The molecule has 0 unspecified atom stereocenters. The number of hydrogen-bond acceptors (Lipinski definition) is 3. The zero-order valence-corrected chi connectivity index (χ0v) is 4.16. The Hall–Kier alpha value is -0.240. The maximum Gasteiger partial charge on any atom is 0.0615 e. The fourth-order valence-corrected chi connectivity index (χ4v) is 0.201. The minimum atomic E-state index is 0.559. The quantitative estimate of drug-likeness (QED) is 0.395. The highest BCUT2D eigenvalue weighted by Crippen LogP contribution is 1.55. The molecule has 0 atom stereocenters. The average molecular weight is 102 g/mol. The van der Waals surface area contributed by atoms with Gasteiger partial charge in [0.15, 0.2) is 0 Å². The van der Waals surface area contributed by atoms with Crippen LogP contribution in [0.1, 0.15) is 0 Å². The first-order valence-electron chi connectivity index (χ1n) is 1.65. The van der Waals surface area contributed by atoms with Crippen LogP contribution in [-0.4, -0.2) is 18.3 Å². The summed E-state index contributed by atoms with van der Waals surface area (Å²) in [5.74, 6) is 0. The van der Waals surface area contributed by atoms with Crippen LogP contribution in [0.5, 0.6) is 0 Å². The van der Waals surface area contributed by atoms with E-state index in [4.69, 9.17) is 5.73 Å². The summed E-state index contributed by atoms with van der Waals surface area (Å²) in [4.78, 5) is 3.53. The molecule has 0 fully saturated rings. The van der Waals surface area contributed by atoms with Crippen molar-refractivity contribution in [3.63, 3.8) is 0 Å². The molecule has 6 heavy (non-hydrogen) atoms. The predicted molar refractivity (Wildman–Crippen MR) is 28.9 cm³/mol. The number of isothiocyanates is 1. The van der Waals surface area contributed by atoms with Crippen LogP contribution in [0.2, 0.25) is 0 Å². The number of aliphatic imine (C=N–C) groups is 1. The van der Waals surface area contributed by atoms with E-state index in [-0.39, 0.29) is 0 Å². The molecule has 0 heterocycles. The Kier molecular flexibility index (Phi) is 4.57. The molecule has 0 aromatic heterocycles. The van der Waals surface area contributed by atoms with Crippen molar-refractivity contribution in [1.82, 2.24) is 0 Å². The van der Waals surface area contributed by atoms with E-state index in [1.54, 1.807) is 0 Å². The van der Waals surface area contributed by atoms with Gasteiger partial charge in [-0.2, -0.15) is 0 Å². The molecule has 34 valence electrons. The second-order valence-electron chi connectivity index (χ2n) is 0.762. The van der Waals surface area contributed by atoms with Gasteiger partial charge in [-0.1, -0.05) is 0 Å². The summed E-state index contributed by atoms with van der Waals surface area (Å²) in [5.41, 5.74) is 5.03. The molecular weight excluding hydrogens is 96.1 g/mol. The summed E-state index contributed by atoms with van der Waals surface area (Å²) in [7, 11) is 0. The van der Waals surface area contributed by atoms with Gasteiger partial charge in [0, 0.05) is 6.54 Å². The summed E-state index contributed by atoms with van der Waals surface area (Å²) in [6.45, 7) is 1.16. The largest absolute Gasteiger partial charge is 0.329 e. The molecular formula is C3H6N2S. The smallest absolute Gasteiger partial charge is 0.0615 e. The maximum atomic E-state index is 5.03. The van der Waals surface area contributed by atoms with Gasteiger partial charge >= 0.3 is 0 Å². The van der Waals surface area contributed by atoms with Gasteiger partial charge in [-0.15, -0.1) is 0 Å². The van der Waals surface area contributed by atoms with Gasteiger partial charge in [-0.05, 0) is 12.2 Å². The van der Waals surface area contributed by atoms with Crippen LogP contribution in [0.15, 0.2) is 4.99 Å². The zero-order valence-electron chi connectivity index (χ0n) is 3.35. The van der Waals surface area contributed by atoms with E-state index in [1.165, 1.54) is 0 Å². The Morgan fingerprint density at radius 2 is 2.50 bits per heavy atom. The molecule has 0 spiro atoms. The van der Waals surface area contributed by atoms with Gasteiger partial charge in [0.05, 0.1) is 11.7 Å². The lowest BCUT2D eigenvalue weighted by Crippen LogP contribution is -2.01. The Morgan fingerprint density at radius 3 is 2.67 bits per heavy atom. The van der Waals surface area contributed by atoms with Gasteiger partial charge in [0.1, 0.15) is 0 Å². The molecule has 0 aliphatic carbocycles. The van der Waals surface area contributed by atoms with E-state index in [1.807, 2.05) is 0 Å². The first-order chi connectivity index (χ1) is 2.91. The van der Waals surface area contributed by atoms with E-state index in [0.717, 1.165) is 0 Å². The van der Waals surface area contributed by atoms with E-state index < -0.39 is 0 Å². The Labute approximate surface area is 42.1 Å². The minimum absolute atomic E-state index is 0.559. The predicted octanol–water partition coefficient (Wildman–Crippen LogP) is 0.0479. The van der Waals surface area contributed by atoms with Crippen molar-refractivity contribution in [3.8, 4) is 0 Å². The van der Waals surface area contributed by atoms with E-state index >= 15 is 0 Å². The fraction of sp³-hybridized carbons (Fsp3) is 0.667. The molecule has 0 rings (SSSR count). The van der Waals surface area contributed by atoms with Crippen molar-refractivity contribution in [2.75, 3.05) is 13.1 Å². The molecule has 0 aromatic rings. The van der Waals surface area contributed by atoms with Crippen LogP contribution in [0, 0.1) is 0 Å². The summed E-state index contributed by atoms with van der Waals surface area (Å²) >= 11 is 4.25. The molecule has 0 saturated carbocycles. The van der Waals surface area contributed by atoms with E-state index in [0.29, 0.717) is 13.1 Å². The van der Waals surface area contributed by atoms with Crippen molar-refractivity contribution < 1.29 is 0 Å². The number of nitrogens with two attached hydrogens (primary N) is 1. The maximum absolute atomic E-state index is 5.03. The normalized spacial score (nSPS) is 6.83. The first kappa shape index (κ1) is 5.76. The molecule has 0 radical (unpaired) electrons. The molecule has 0 amide bonds. The van der Waals surface area contributed by atoms with Gasteiger partial charge in [-0.3, -0.25) is 0 Å². The second-order valence-corrected chi connectivity index (χ2v) is 0.944. The SMILES string of the molecule is NCCN=C=S. The standard InChI is InChI=1S/C3H6N2S/c4-1-2-5-3-6/h1-2,4H2. The number of thiocarbonyl (C=S) groups is 1.